The molecule has 0 saturated carbocycles. The molecular formula is C19H26Cl2N4O. The van der Waals surface area contributed by atoms with E-state index in [1.54, 1.807) is 0 Å². The van der Waals surface area contributed by atoms with Gasteiger partial charge in [-0.05, 0) is 42.5 Å². The standard InChI is InChI=1S/C19H24N4O.2ClH/c20-17-6-2-1-5-16(17)8-10-19(24)22-14-15-7-9-18(21-13-15)23-11-3-4-12-23;;/h1-2,5-7,9,13H,3-4,8,10-12,14,20H2,(H,22,24);2*1H. The van der Waals surface area contributed by atoms with Crippen LogP contribution in [0.3, 0.4) is 0 Å². The fourth-order valence-electron chi connectivity index (χ4n) is 2.95. The van der Waals surface area contributed by atoms with Crippen LogP contribution in [0, 0.1) is 0 Å². The molecule has 1 aromatic heterocycles. The Balaban J connectivity index is 0.00000169. The van der Waals surface area contributed by atoms with Gasteiger partial charge in [0.1, 0.15) is 5.82 Å². The molecule has 0 bridgehead atoms. The summed E-state index contributed by atoms with van der Waals surface area (Å²) in [5.41, 5.74) is 8.67. The van der Waals surface area contributed by atoms with Crippen LogP contribution in [0.4, 0.5) is 11.5 Å². The quantitative estimate of drug-likeness (QED) is 0.734. The van der Waals surface area contributed by atoms with E-state index < -0.39 is 0 Å². The number of rotatable bonds is 6. The minimum absolute atomic E-state index is 0. The second-order valence-electron chi connectivity index (χ2n) is 6.19. The van der Waals surface area contributed by atoms with Crippen molar-refractivity contribution in [2.75, 3.05) is 23.7 Å². The van der Waals surface area contributed by atoms with Gasteiger partial charge in [0.2, 0.25) is 5.91 Å². The third-order valence-corrected chi connectivity index (χ3v) is 4.41. The molecule has 0 spiro atoms. The highest BCUT2D eigenvalue weighted by atomic mass is 35.5. The first-order valence-electron chi connectivity index (χ1n) is 8.52. The molecule has 3 N–H and O–H groups in total. The summed E-state index contributed by atoms with van der Waals surface area (Å²) in [5, 5.41) is 2.94. The largest absolute Gasteiger partial charge is 0.399 e. The molecule has 2 aromatic rings. The number of nitrogens with two attached hydrogens (primary N) is 1. The van der Waals surface area contributed by atoms with Crippen molar-refractivity contribution in [1.82, 2.24) is 10.3 Å². The molecule has 1 aliphatic rings. The van der Waals surface area contributed by atoms with Crippen LogP contribution in [-0.4, -0.2) is 24.0 Å². The monoisotopic (exact) mass is 396 g/mol. The lowest BCUT2D eigenvalue weighted by molar-refractivity contribution is -0.121. The van der Waals surface area contributed by atoms with Crippen molar-refractivity contribution in [3.8, 4) is 0 Å². The number of aryl methyl sites for hydroxylation is 1. The maximum Gasteiger partial charge on any atom is 0.220 e. The summed E-state index contributed by atoms with van der Waals surface area (Å²) in [4.78, 5) is 18.8. The van der Waals surface area contributed by atoms with Gasteiger partial charge in [-0.2, -0.15) is 0 Å². The van der Waals surface area contributed by atoms with Gasteiger partial charge in [0.05, 0.1) is 0 Å². The lowest BCUT2D eigenvalue weighted by Gasteiger charge is -2.16. The number of aromatic nitrogens is 1. The first kappa shape index (κ1) is 22.1. The predicted molar refractivity (Wildman–Crippen MR) is 111 cm³/mol. The maximum absolute atomic E-state index is 12.0. The number of nitrogens with zero attached hydrogens (tertiary/aromatic N) is 2. The number of nitrogen functional groups attached to an aromatic ring is 1. The summed E-state index contributed by atoms with van der Waals surface area (Å²) in [5.74, 6) is 1.06. The number of para-hydroxylation sites is 1. The van der Waals surface area contributed by atoms with E-state index in [4.69, 9.17) is 5.73 Å². The molecular weight excluding hydrogens is 371 g/mol. The zero-order valence-corrected chi connectivity index (χ0v) is 16.3. The first-order chi connectivity index (χ1) is 11.7. The molecule has 7 heteroatoms. The molecule has 0 aliphatic carbocycles. The van der Waals surface area contributed by atoms with Gasteiger partial charge >= 0.3 is 0 Å². The smallest absolute Gasteiger partial charge is 0.220 e. The second kappa shape index (κ2) is 10.9. The van der Waals surface area contributed by atoms with Gasteiger partial charge in [-0.15, -0.1) is 24.8 Å². The fraction of sp³-hybridized carbons (Fsp3) is 0.368. The molecule has 1 fully saturated rings. The van der Waals surface area contributed by atoms with Gasteiger partial charge in [0.15, 0.2) is 0 Å². The molecule has 0 atom stereocenters. The molecule has 1 aromatic carbocycles. The molecule has 1 aliphatic heterocycles. The van der Waals surface area contributed by atoms with Crippen molar-refractivity contribution in [1.29, 1.82) is 0 Å². The Morgan fingerprint density at radius 1 is 1.12 bits per heavy atom. The van der Waals surface area contributed by atoms with Gasteiger partial charge in [-0.1, -0.05) is 24.3 Å². The number of amides is 1. The average Bonchev–Trinajstić information content (AvgIpc) is 3.14. The van der Waals surface area contributed by atoms with Gasteiger partial charge in [-0.3, -0.25) is 4.79 Å². The van der Waals surface area contributed by atoms with Gasteiger partial charge in [-0.25, -0.2) is 4.98 Å². The minimum atomic E-state index is 0. The highest BCUT2D eigenvalue weighted by molar-refractivity contribution is 5.85. The summed E-state index contributed by atoms with van der Waals surface area (Å²) in [6, 6.07) is 11.7. The Hall–Kier alpha value is -1.98. The Labute approximate surface area is 167 Å². The zero-order chi connectivity index (χ0) is 16.8. The number of benzene rings is 1. The number of carbonyl (C=O) groups excluding carboxylic acids is 1. The molecule has 2 heterocycles. The predicted octanol–water partition coefficient (Wildman–Crippen LogP) is 3.36. The molecule has 142 valence electrons. The fourth-order valence-corrected chi connectivity index (χ4v) is 2.95. The molecule has 1 saturated heterocycles. The molecule has 3 rings (SSSR count). The van der Waals surface area contributed by atoms with Crippen molar-refractivity contribution < 1.29 is 4.79 Å². The number of pyridine rings is 1. The van der Waals surface area contributed by atoms with Gasteiger partial charge in [0.25, 0.3) is 0 Å². The van der Waals surface area contributed by atoms with Crippen LogP contribution in [0.1, 0.15) is 30.4 Å². The molecule has 26 heavy (non-hydrogen) atoms. The number of nitrogens with one attached hydrogen (secondary N) is 1. The summed E-state index contributed by atoms with van der Waals surface area (Å²) < 4.78 is 0. The van der Waals surface area contributed by atoms with Crippen LogP contribution in [0.5, 0.6) is 0 Å². The summed E-state index contributed by atoms with van der Waals surface area (Å²) >= 11 is 0. The first-order valence-corrected chi connectivity index (χ1v) is 8.52. The van der Waals surface area contributed by atoms with Crippen LogP contribution in [-0.2, 0) is 17.8 Å². The molecule has 5 nitrogen and oxygen atoms in total. The summed E-state index contributed by atoms with van der Waals surface area (Å²) in [6.45, 7) is 2.69. The molecule has 1 amide bonds. The van der Waals surface area contributed by atoms with Gasteiger partial charge < -0.3 is 16.0 Å². The average molecular weight is 397 g/mol. The van der Waals surface area contributed by atoms with E-state index in [2.05, 4.69) is 15.2 Å². The van der Waals surface area contributed by atoms with Crippen molar-refractivity contribution in [2.45, 2.75) is 32.2 Å². The van der Waals surface area contributed by atoms with E-state index in [0.717, 1.165) is 35.7 Å². The van der Waals surface area contributed by atoms with Crippen molar-refractivity contribution >= 4 is 42.2 Å². The van der Waals surface area contributed by atoms with E-state index in [9.17, 15) is 4.79 Å². The summed E-state index contributed by atoms with van der Waals surface area (Å²) in [7, 11) is 0. The molecule has 0 radical (unpaired) electrons. The van der Waals surface area contributed by atoms with E-state index in [-0.39, 0.29) is 30.7 Å². The number of hydrogen-bond donors (Lipinski definition) is 2. The number of carbonyl (C=O) groups is 1. The lowest BCUT2D eigenvalue weighted by Crippen LogP contribution is -2.23. The maximum atomic E-state index is 12.0. The van der Waals surface area contributed by atoms with E-state index in [1.807, 2.05) is 42.6 Å². The topological polar surface area (TPSA) is 71.2 Å². The highest BCUT2D eigenvalue weighted by Gasteiger charge is 2.13. The zero-order valence-electron chi connectivity index (χ0n) is 14.7. The van der Waals surface area contributed by atoms with Crippen LogP contribution < -0.4 is 16.0 Å². The molecule has 0 unspecified atom stereocenters. The lowest BCUT2D eigenvalue weighted by atomic mass is 10.1. The van der Waals surface area contributed by atoms with Gasteiger partial charge in [0, 0.05) is 37.9 Å². The van der Waals surface area contributed by atoms with E-state index >= 15 is 0 Å². The second-order valence-corrected chi connectivity index (χ2v) is 6.19. The van der Waals surface area contributed by atoms with Crippen LogP contribution in [0.25, 0.3) is 0 Å². The van der Waals surface area contributed by atoms with Crippen LogP contribution >= 0.6 is 24.8 Å². The minimum Gasteiger partial charge on any atom is -0.399 e. The van der Waals surface area contributed by atoms with Crippen molar-refractivity contribution in [3.05, 3.63) is 53.7 Å². The van der Waals surface area contributed by atoms with E-state index in [1.165, 1.54) is 12.8 Å². The Morgan fingerprint density at radius 2 is 1.85 bits per heavy atom. The normalized spacial score (nSPS) is 12.8. The Kier molecular flexibility index (Phi) is 9.24. The van der Waals surface area contributed by atoms with Crippen molar-refractivity contribution in [2.24, 2.45) is 0 Å². The Bertz CT molecular complexity index is 688. The number of halogens is 2. The van der Waals surface area contributed by atoms with E-state index in [0.29, 0.717) is 19.4 Å². The van der Waals surface area contributed by atoms with Crippen LogP contribution in [0.15, 0.2) is 42.6 Å². The number of hydrogen-bond acceptors (Lipinski definition) is 4. The van der Waals surface area contributed by atoms with Crippen molar-refractivity contribution in [3.63, 3.8) is 0 Å². The van der Waals surface area contributed by atoms with Crippen LogP contribution in [0.2, 0.25) is 0 Å². The SMILES string of the molecule is Cl.Cl.Nc1ccccc1CCC(=O)NCc1ccc(N2CCCC2)nc1. The third kappa shape index (κ3) is 6.07. The Morgan fingerprint density at radius 3 is 2.50 bits per heavy atom. The number of anilines is 2. The third-order valence-electron chi connectivity index (χ3n) is 4.41. The highest BCUT2D eigenvalue weighted by Crippen LogP contribution is 2.17. The summed E-state index contributed by atoms with van der Waals surface area (Å²) in [6.07, 6.45) is 5.43.